The van der Waals surface area contributed by atoms with E-state index < -0.39 is 0 Å². The molecule has 1 rings (SSSR count). The van der Waals surface area contributed by atoms with Gasteiger partial charge in [-0.2, -0.15) is 0 Å². The topological polar surface area (TPSA) is 35.5 Å². The van der Waals surface area contributed by atoms with E-state index in [-0.39, 0.29) is 12.1 Å². The summed E-state index contributed by atoms with van der Waals surface area (Å²) in [7, 11) is 0. The van der Waals surface area contributed by atoms with Crippen molar-refractivity contribution in [3.8, 4) is 0 Å². The van der Waals surface area contributed by atoms with E-state index in [1.165, 1.54) is 19.4 Å². The van der Waals surface area contributed by atoms with Crippen LogP contribution in [0.1, 0.15) is 40.5 Å². The molecule has 3 nitrogen and oxygen atoms in total. The molecule has 0 aliphatic carbocycles. The highest BCUT2D eigenvalue weighted by atomic mass is 16.3. The second kappa shape index (κ2) is 5.99. The van der Waals surface area contributed by atoms with Gasteiger partial charge in [-0.25, -0.2) is 0 Å². The Kier molecular flexibility index (Phi) is 5.22. The van der Waals surface area contributed by atoms with E-state index >= 15 is 0 Å². The van der Waals surface area contributed by atoms with Gasteiger partial charge in [0.25, 0.3) is 0 Å². The van der Waals surface area contributed by atoms with Gasteiger partial charge in [-0.05, 0) is 45.7 Å². The van der Waals surface area contributed by atoms with E-state index in [1.54, 1.807) is 0 Å². The number of hydrogen-bond acceptors (Lipinski definition) is 3. The van der Waals surface area contributed by atoms with Crippen molar-refractivity contribution in [2.45, 2.75) is 52.1 Å². The molecule has 0 aromatic carbocycles. The zero-order valence-corrected chi connectivity index (χ0v) is 11.3. The molecule has 0 aromatic heterocycles. The Morgan fingerprint density at radius 2 is 2.12 bits per heavy atom. The Morgan fingerprint density at radius 1 is 1.44 bits per heavy atom. The molecular weight excluding hydrogens is 200 g/mol. The minimum atomic E-state index is -0.149. The van der Waals surface area contributed by atoms with E-state index in [0.717, 1.165) is 19.0 Å². The Morgan fingerprint density at radius 3 is 2.62 bits per heavy atom. The normalized spacial score (nSPS) is 31.3. The van der Waals surface area contributed by atoms with Gasteiger partial charge >= 0.3 is 0 Å². The minimum Gasteiger partial charge on any atom is -0.394 e. The number of aliphatic hydroxyl groups excluding tert-OH is 1. The monoisotopic (exact) mass is 228 g/mol. The minimum absolute atomic E-state index is 0.149. The fraction of sp³-hybridized carbons (Fsp3) is 1.00. The first-order valence-corrected chi connectivity index (χ1v) is 6.60. The van der Waals surface area contributed by atoms with Gasteiger partial charge in [-0.15, -0.1) is 0 Å². The summed E-state index contributed by atoms with van der Waals surface area (Å²) in [6.07, 6.45) is 2.58. The smallest absolute Gasteiger partial charge is 0.0623 e. The van der Waals surface area contributed by atoms with Gasteiger partial charge in [-0.1, -0.05) is 13.8 Å². The lowest BCUT2D eigenvalue weighted by atomic mass is 9.91. The van der Waals surface area contributed by atoms with E-state index in [1.807, 2.05) is 0 Å². The number of rotatable bonds is 5. The summed E-state index contributed by atoms with van der Waals surface area (Å²) in [6.45, 7) is 12.1. The maximum atomic E-state index is 9.50. The zero-order valence-electron chi connectivity index (χ0n) is 11.3. The Balaban J connectivity index is 2.51. The lowest BCUT2D eigenvalue weighted by molar-refractivity contribution is 0.0675. The van der Waals surface area contributed by atoms with Crippen LogP contribution in [0, 0.1) is 5.92 Å². The van der Waals surface area contributed by atoms with Crippen molar-refractivity contribution in [1.82, 2.24) is 10.2 Å². The Labute approximate surface area is 100 Å². The molecule has 0 radical (unpaired) electrons. The average molecular weight is 228 g/mol. The van der Waals surface area contributed by atoms with Gasteiger partial charge in [0.15, 0.2) is 0 Å². The summed E-state index contributed by atoms with van der Waals surface area (Å²) in [6, 6.07) is 0.647. The number of likely N-dealkylation sites (tertiary alicyclic amines) is 1. The van der Waals surface area contributed by atoms with Crippen LogP contribution in [0.15, 0.2) is 0 Å². The van der Waals surface area contributed by atoms with Crippen LogP contribution in [0.2, 0.25) is 0 Å². The molecule has 2 N–H and O–H groups in total. The van der Waals surface area contributed by atoms with Crippen LogP contribution >= 0.6 is 0 Å². The summed E-state index contributed by atoms with van der Waals surface area (Å²) < 4.78 is 0. The lowest BCUT2D eigenvalue weighted by Gasteiger charge is -2.42. The third-order valence-electron chi connectivity index (χ3n) is 3.78. The van der Waals surface area contributed by atoms with Gasteiger partial charge in [0.1, 0.15) is 0 Å². The highest BCUT2D eigenvalue weighted by molar-refractivity contribution is 4.89. The van der Waals surface area contributed by atoms with E-state index in [4.69, 9.17) is 0 Å². The van der Waals surface area contributed by atoms with E-state index in [9.17, 15) is 5.11 Å². The molecule has 1 heterocycles. The molecule has 0 aromatic rings. The van der Waals surface area contributed by atoms with Crippen molar-refractivity contribution in [3.63, 3.8) is 0 Å². The van der Waals surface area contributed by atoms with Crippen LogP contribution in [0.5, 0.6) is 0 Å². The van der Waals surface area contributed by atoms with Gasteiger partial charge in [0, 0.05) is 12.6 Å². The molecule has 1 aliphatic heterocycles. The van der Waals surface area contributed by atoms with Crippen molar-refractivity contribution >= 4 is 0 Å². The molecule has 0 amide bonds. The van der Waals surface area contributed by atoms with Crippen molar-refractivity contribution in [2.24, 2.45) is 5.92 Å². The van der Waals surface area contributed by atoms with Crippen molar-refractivity contribution in [3.05, 3.63) is 0 Å². The standard InChI is InChI=1S/C13H28N2O/c1-5-14-13(4,10-16)9-15-7-6-11(2)8-12(15)3/h11-12,14,16H,5-10H2,1-4H3. The largest absolute Gasteiger partial charge is 0.394 e. The van der Waals surface area contributed by atoms with Crippen molar-refractivity contribution in [2.75, 3.05) is 26.2 Å². The van der Waals surface area contributed by atoms with Gasteiger partial charge in [0.05, 0.1) is 12.1 Å². The van der Waals surface area contributed by atoms with Crippen LogP contribution in [-0.4, -0.2) is 47.8 Å². The zero-order chi connectivity index (χ0) is 12.2. The van der Waals surface area contributed by atoms with Crippen LogP contribution in [-0.2, 0) is 0 Å². The fourth-order valence-corrected chi connectivity index (χ4v) is 2.73. The van der Waals surface area contributed by atoms with E-state index in [0.29, 0.717) is 6.04 Å². The van der Waals surface area contributed by atoms with Crippen LogP contribution in [0.4, 0.5) is 0 Å². The summed E-state index contributed by atoms with van der Waals surface area (Å²) >= 11 is 0. The summed E-state index contributed by atoms with van der Waals surface area (Å²) in [5.41, 5.74) is -0.149. The van der Waals surface area contributed by atoms with E-state index in [2.05, 4.69) is 37.9 Å². The molecule has 3 atom stereocenters. The number of nitrogens with zero attached hydrogens (tertiary/aromatic N) is 1. The fourth-order valence-electron chi connectivity index (χ4n) is 2.73. The molecule has 1 saturated heterocycles. The van der Waals surface area contributed by atoms with Crippen LogP contribution in [0.25, 0.3) is 0 Å². The number of piperidine rings is 1. The summed E-state index contributed by atoms with van der Waals surface area (Å²) in [4.78, 5) is 2.51. The third-order valence-corrected chi connectivity index (χ3v) is 3.78. The molecule has 16 heavy (non-hydrogen) atoms. The summed E-state index contributed by atoms with van der Waals surface area (Å²) in [5, 5.41) is 12.9. The molecule has 0 saturated carbocycles. The number of aliphatic hydroxyl groups is 1. The Bertz CT molecular complexity index is 210. The third kappa shape index (κ3) is 3.72. The van der Waals surface area contributed by atoms with Crippen molar-refractivity contribution < 1.29 is 5.11 Å². The predicted molar refractivity (Wildman–Crippen MR) is 68.6 cm³/mol. The highest BCUT2D eigenvalue weighted by Crippen LogP contribution is 2.23. The average Bonchev–Trinajstić information content (AvgIpc) is 2.23. The first-order valence-electron chi connectivity index (χ1n) is 6.60. The number of nitrogens with one attached hydrogen (secondary N) is 1. The van der Waals surface area contributed by atoms with Gasteiger partial charge in [-0.3, -0.25) is 4.90 Å². The maximum absolute atomic E-state index is 9.50. The van der Waals surface area contributed by atoms with Gasteiger partial charge < -0.3 is 10.4 Å². The first kappa shape index (κ1) is 13.9. The molecule has 1 fully saturated rings. The van der Waals surface area contributed by atoms with Crippen molar-refractivity contribution in [1.29, 1.82) is 0 Å². The SMILES string of the molecule is CCNC(C)(CO)CN1CCC(C)CC1C. The van der Waals surface area contributed by atoms with Crippen LogP contribution in [0.3, 0.4) is 0 Å². The number of hydrogen-bond donors (Lipinski definition) is 2. The van der Waals surface area contributed by atoms with Crippen LogP contribution < -0.4 is 5.32 Å². The second-order valence-corrected chi connectivity index (χ2v) is 5.70. The molecule has 0 bridgehead atoms. The number of likely N-dealkylation sites (N-methyl/N-ethyl adjacent to an activating group) is 1. The molecule has 3 heteroatoms. The summed E-state index contributed by atoms with van der Waals surface area (Å²) in [5.74, 6) is 0.853. The molecule has 0 spiro atoms. The molecule has 96 valence electrons. The predicted octanol–water partition coefficient (Wildman–Crippen LogP) is 1.47. The highest BCUT2D eigenvalue weighted by Gasteiger charge is 2.30. The molecular formula is C13H28N2O. The van der Waals surface area contributed by atoms with Gasteiger partial charge in [0.2, 0.25) is 0 Å². The quantitative estimate of drug-likeness (QED) is 0.748. The molecule has 1 aliphatic rings. The second-order valence-electron chi connectivity index (χ2n) is 5.70. The first-order chi connectivity index (χ1) is 7.50. The molecule has 3 unspecified atom stereocenters. The maximum Gasteiger partial charge on any atom is 0.0623 e. The Hall–Kier alpha value is -0.120. The lowest BCUT2D eigenvalue weighted by Crippen LogP contribution is -2.56.